The van der Waals surface area contributed by atoms with E-state index in [1.807, 2.05) is 30.4 Å². The molecule has 2 heterocycles. The maximum atomic E-state index is 10.1. The zero-order valence-corrected chi connectivity index (χ0v) is 11.5. The zero-order chi connectivity index (χ0) is 12.3. The fourth-order valence-corrected chi connectivity index (χ4v) is 3.75. The normalized spacial score (nSPS) is 19.5. The number of aliphatic hydroxyl groups excluding tert-OH is 1. The van der Waals surface area contributed by atoms with Crippen LogP contribution < -0.4 is 0 Å². The Kier molecular flexibility index (Phi) is 4.51. The number of aliphatic hydroxyl groups is 1. The number of rotatable bonds is 4. The van der Waals surface area contributed by atoms with Gasteiger partial charge in [-0.1, -0.05) is 0 Å². The molecule has 0 radical (unpaired) electrons. The van der Waals surface area contributed by atoms with E-state index in [4.69, 9.17) is 0 Å². The van der Waals surface area contributed by atoms with Crippen LogP contribution in [0.1, 0.15) is 30.7 Å². The lowest BCUT2D eigenvalue weighted by molar-refractivity contribution is 0.137. The van der Waals surface area contributed by atoms with Crippen molar-refractivity contribution in [1.82, 2.24) is 9.78 Å². The van der Waals surface area contributed by atoms with Gasteiger partial charge in [-0.3, -0.25) is 4.68 Å². The van der Waals surface area contributed by atoms with Gasteiger partial charge >= 0.3 is 0 Å². The van der Waals surface area contributed by atoms with Crippen LogP contribution >= 0.6 is 11.8 Å². The first-order chi connectivity index (χ1) is 8.15. The number of nitrogens with zero attached hydrogens (tertiary/aromatic N) is 2. The summed E-state index contributed by atoms with van der Waals surface area (Å²) in [7, 11) is 1.95. The second kappa shape index (κ2) is 5.91. The molecule has 1 saturated heterocycles. The number of thioether (sulfide) groups is 1. The van der Waals surface area contributed by atoms with Crippen LogP contribution in [0.15, 0.2) is 6.07 Å². The van der Waals surface area contributed by atoms with Gasteiger partial charge in [0.1, 0.15) is 0 Å². The van der Waals surface area contributed by atoms with Gasteiger partial charge in [0.05, 0.1) is 11.8 Å². The maximum Gasteiger partial charge on any atom is 0.0598 e. The van der Waals surface area contributed by atoms with Crippen LogP contribution in [0.4, 0.5) is 0 Å². The van der Waals surface area contributed by atoms with Crippen LogP contribution in [0, 0.1) is 12.8 Å². The fraction of sp³-hybridized carbons (Fsp3) is 0.769. The Labute approximate surface area is 108 Å². The summed E-state index contributed by atoms with van der Waals surface area (Å²) in [4.78, 5) is 0. The van der Waals surface area contributed by atoms with Crippen LogP contribution in [0.5, 0.6) is 0 Å². The Bertz CT molecular complexity index is 358. The van der Waals surface area contributed by atoms with Crippen molar-refractivity contribution in [1.29, 1.82) is 0 Å². The highest BCUT2D eigenvalue weighted by Crippen LogP contribution is 2.27. The summed E-state index contributed by atoms with van der Waals surface area (Å²) >= 11 is 2.04. The second-order valence-electron chi connectivity index (χ2n) is 5.05. The second-order valence-corrected chi connectivity index (χ2v) is 6.27. The number of aromatic nitrogens is 2. The van der Waals surface area contributed by atoms with Gasteiger partial charge in [-0.2, -0.15) is 16.9 Å². The molecule has 4 heteroatoms. The molecule has 1 aromatic rings. The summed E-state index contributed by atoms with van der Waals surface area (Å²) in [5.74, 6) is 3.25. The van der Waals surface area contributed by atoms with Gasteiger partial charge in [0, 0.05) is 19.2 Å². The van der Waals surface area contributed by atoms with Gasteiger partial charge in [-0.25, -0.2) is 0 Å². The van der Waals surface area contributed by atoms with Gasteiger partial charge in [0.2, 0.25) is 0 Å². The molecule has 2 rings (SSSR count). The molecule has 0 spiro atoms. The SMILES string of the molecule is Cc1cc(CC(O)CC2CCSCC2)n(C)n1. The van der Waals surface area contributed by atoms with Crippen molar-refractivity contribution in [2.24, 2.45) is 13.0 Å². The Morgan fingerprint density at radius 2 is 2.24 bits per heavy atom. The predicted molar refractivity (Wildman–Crippen MR) is 72.3 cm³/mol. The lowest BCUT2D eigenvalue weighted by Crippen LogP contribution is -2.20. The van der Waals surface area contributed by atoms with E-state index in [1.54, 1.807) is 0 Å². The fourth-order valence-electron chi connectivity index (χ4n) is 2.55. The van der Waals surface area contributed by atoms with Crippen molar-refractivity contribution in [3.63, 3.8) is 0 Å². The van der Waals surface area contributed by atoms with Crippen LogP contribution in [-0.2, 0) is 13.5 Å². The quantitative estimate of drug-likeness (QED) is 0.895. The smallest absolute Gasteiger partial charge is 0.0598 e. The molecular weight excluding hydrogens is 232 g/mol. The molecule has 3 nitrogen and oxygen atoms in total. The molecule has 0 saturated carbocycles. The van der Waals surface area contributed by atoms with Gasteiger partial charge in [-0.05, 0) is 49.7 Å². The molecule has 1 N–H and O–H groups in total. The Morgan fingerprint density at radius 1 is 1.53 bits per heavy atom. The van der Waals surface area contributed by atoms with Crippen LogP contribution in [-0.4, -0.2) is 32.5 Å². The monoisotopic (exact) mass is 254 g/mol. The van der Waals surface area contributed by atoms with E-state index < -0.39 is 0 Å². The summed E-state index contributed by atoms with van der Waals surface area (Å²) in [6, 6.07) is 2.07. The molecule has 0 amide bonds. The maximum absolute atomic E-state index is 10.1. The zero-order valence-electron chi connectivity index (χ0n) is 10.7. The summed E-state index contributed by atoms with van der Waals surface area (Å²) in [5, 5.41) is 14.5. The Hall–Kier alpha value is -0.480. The standard InChI is InChI=1S/C13H22N2OS/c1-10-7-12(15(2)14-10)9-13(16)8-11-3-5-17-6-4-11/h7,11,13,16H,3-6,8-9H2,1-2H3. The minimum atomic E-state index is -0.210. The third-order valence-electron chi connectivity index (χ3n) is 3.49. The van der Waals surface area contributed by atoms with E-state index in [1.165, 1.54) is 24.3 Å². The van der Waals surface area contributed by atoms with Gasteiger partial charge in [-0.15, -0.1) is 0 Å². The molecular formula is C13H22N2OS. The Morgan fingerprint density at radius 3 is 2.82 bits per heavy atom. The first-order valence-corrected chi connectivity index (χ1v) is 7.56. The first kappa shape index (κ1) is 13.0. The highest BCUT2D eigenvalue weighted by molar-refractivity contribution is 7.99. The average molecular weight is 254 g/mol. The van der Waals surface area contributed by atoms with Gasteiger partial charge in [0.25, 0.3) is 0 Å². The van der Waals surface area contributed by atoms with Crippen LogP contribution in [0.2, 0.25) is 0 Å². The first-order valence-electron chi connectivity index (χ1n) is 6.40. The summed E-state index contributed by atoms with van der Waals surface area (Å²) in [6.07, 6.45) is 4.02. The molecule has 0 aromatic carbocycles. The third kappa shape index (κ3) is 3.75. The molecule has 0 bridgehead atoms. The number of hydrogen-bond donors (Lipinski definition) is 1. The lowest BCUT2D eigenvalue weighted by Gasteiger charge is -2.23. The van der Waals surface area contributed by atoms with Crippen molar-refractivity contribution in [2.75, 3.05) is 11.5 Å². The highest BCUT2D eigenvalue weighted by Gasteiger charge is 2.18. The summed E-state index contributed by atoms with van der Waals surface area (Å²) in [5.41, 5.74) is 2.17. The number of aryl methyl sites for hydroxylation is 2. The van der Waals surface area contributed by atoms with Crippen molar-refractivity contribution in [3.8, 4) is 0 Å². The lowest BCUT2D eigenvalue weighted by atomic mass is 9.94. The summed E-state index contributed by atoms with van der Waals surface area (Å²) in [6.45, 7) is 1.99. The Balaban J connectivity index is 1.83. The van der Waals surface area contributed by atoms with E-state index in [2.05, 4.69) is 11.2 Å². The van der Waals surface area contributed by atoms with E-state index >= 15 is 0 Å². The van der Waals surface area contributed by atoms with Crippen molar-refractivity contribution in [3.05, 3.63) is 17.5 Å². The van der Waals surface area contributed by atoms with Crippen LogP contribution in [0.3, 0.4) is 0 Å². The average Bonchev–Trinajstić information content (AvgIpc) is 2.58. The molecule has 1 unspecified atom stereocenters. The van der Waals surface area contributed by atoms with E-state index in [0.717, 1.165) is 30.1 Å². The minimum absolute atomic E-state index is 0.210. The minimum Gasteiger partial charge on any atom is -0.393 e. The topological polar surface area (TPSA) is 38.0 Å². The molecule has 1 atom stereocenters. The van der Waals surface area contributed by atoms with Gasteiger partial charge < -0.3 is 5.11 Å². The van der Waals surface area contributed by atoms with E-state index in [-0.39, 0.29) is 6.10 Å². The molecule has 17 heavy (non-hydrogen) atoms. The molecule has 1 fully saturated rings. The third-order valence-corrected chi connectivity index (χ3v) is 4.54. The summed E-state index contributed by atoms with van der Waals surface area (Å²) < 4.78 is 1.88. The molecule has 1 aliphatic heterocycles. The molecule has 1 aromatic heterocycles. The molecule has 96 valence electrons. The van der Waals surface area contributed by atoms with Crippen LogP contribution in [0.25, 0.3) is 0 Å². The van der Waals surface area contributed by atoms with E-state index in [0.29, 0.717) is 0 Å². The van der Waals surface area contributed by atoms with Crippen molar-refractivity contribution < 1.29 is 5.11 Å². The van der Waals surface area contributed by atoms with E-state index in [9.17, 15) is 5.11 Å². The van der Waals surface area contributed by atoms with Crippen molar-refractivity contribution >= 4 is 11.8 Å². The molecule has 0 aliphatic carbocycles. The number of hydrogen-bond acceptors (Lipinski definition) is 3. The predicted octanol–water partition coefficient (Wildman–Crippen LogP) is 2.17. The molecule has 1 aliphatic rings. The largest absolute Gasteiger partial charge is 0.393 e. The van der Waals surface area contributed by atoms with Gasteiger partial charge in [0.15, 0.2) is 0 Å². The van der Waals surface area contributed by atoms with Crippen molar-refractivity contribution in [2.45, 2.75) is 38.7 Å². The highest BCUT2D eigenvalue weighted by atomic mass is 32.2.